The van der Waals surface area contributed by atoms with Crippen LogP contribution in [0.1, 0.15) is 18.4 Å². The van der Waals surface area contributed by atoms with E-state index in [0.29, 0.717) is 6.54 Å². The number of primary amides is 1. The molecule has 1 saturated heterocycles. The third-order valence-corrected chi connectivity index (χ3v) is 3.67. The molecule has 1 aliphatic rings. The van der Waals surface area contributed by atoms with Gasteiger partial charge in [-0.05, 0) is 44.0 Å². The SMILES string of the molecule is Cc1ccc(NC(=O)CN2CCC[C@@H](C(N)=O)C2)c(F)c1. The second-order valence-corrected chi connectivity index (χ2v) is 5.51. The van der Waals surface area contributed by atoms with Gasteiger partial charge in [0.05, 0.1) is 18.2 Å². The highest BCUT2D eigenvalue weighted by Gasteiger charge is 2.25. The number of likely N-dealkylation sites (tertiary alicyclic amines) is 1. The zero-order chi connectivity index (χ0) is 15.4. The summed E-state index contributed by atoms with van der Waals surface area (Å²) in [4.78, 5) is 25.0. The molecule has 0 spiro atoms. The van der Waals surface area contributed by atoms with Gasteiger partial charge in [-0.2, -0.15) is 0 Å². The molecule has 1 aromatic carbocycles. The molecule has 3 N–H and O–H groups in total. The van der Waals surface area contributed by atoms with Crippen molar-refractivity contribution in [2.24, 2.45) is 11.7 Å². The molecule has 1 heterocycles. The summed E-state index contributed by atoms with van der Waals surface area (Å²) >= 11 is 0. The predicted octanol–water partition coefficient (Wildman–Crippen LogP) is 1.27. The normalized spacial score (nSPS) is 19.2. The Bertz CT molecular complexity index is 548. The summed E-state index contributed by atoms with van der Waals surface area (Å²) in [6.07, 6.45) is 1.60. The minimum atomic E-state index is -0.447. The Morgan fingerprint density at radius 1 is 1.48 bits per heavy atom. The third-order valence-electron chi connectivity index (χ3n) is 3.67. The maximum Gasteiger partial charge on any atom is 0.238 e. The lowest BCUT2D eigenvalue weighted by Crippen LogP contribution is -2.44. The van der Waals surface area contributed by atoms with Gasteiger partial charge < -0.3 is 11.1 Å². The first-order valence-corrected chi connectivity index (χ1v) is 7.03. The number of carbonyl (C=O) groups excluding carboxylic acids is 2. The molecule has 6 heteroatoms. The quantitative estimate of drug-likeness (QED) is 0.878. The Hall–Kier alpha value is -1.95. The van der Waals surface area contributed by atoms with E-state index >= 15 is 0 Å². The van der Waals surface area contributed by atoms with Crippen LogP contribution in [0, 0.1) is 18.7 Å². The van der Waals surface area contributed by atoms with Gasteiger partial charge >= 0.3 is 0 Å². The Labute approximate surface area is 123 Å². The van der Waals surface area contributed by atoms with Crippen molar-refractivity contribution in [1.29, 1.82) is 0 Å². The number of anilines is 1. The minimum absolute atomic E-state index is 0.136. The number of piperidine rings is 1. The van der Waals surface area contributed by atoms with E-state index in [2.05, 4.69) is 5.32 Å². The van der Waals surface area contributed by atoms with E-state index in [4.69, 9.17) is 5.73 Å². The molecule has 2 rings (SSSR count). The van der Waals surface area contributed by atoms with Crippen molar-refractivity contribution in [2.75, 3.05) is 25.0 Å². The number of amides is 2. The molecule has 1 aliphatic heterocycles. The molecule has 21 heavy (non-hydrogen) atoms. The van der Waals surface area contributed by atoms with Crippen LogP contribution in [-0.4, -0.2) is 36.3 Å². The Balaban J connectivity index is 1.91. The van der Waals surface area contributed by atoms with Gasteiger partial charge in [0.25, 0.3) is 0 Å². The van der Waals surface area contributed by atoms with Crippen LogP contribution in [0.25, 0.3) is 0 Å². The molecular formula is C15H20FN3O2. The number of aryl methyl sites for hydroxylation is 1. The first-order valence-electron chi connectivity index (χ1n) is 7.03. The largest absolute Gasteiger partial charge is 0.369 e. The Morgan fingerprint density at radius 2 is 2.24 bits per heavy atom. The van der Waals surface area contributed by atoms with Crippen LogP contribution in [0.4, 0.5) is 10.1 Å². The van der Waals surface area contributed by atoms with Gasteiger partial charge in [0.2, 0.25) is 11.8 Å². The van der Waals surface area contributed by atoms with Crippen LogP contribution in [-0.2, 0) is 9.59 Å². The van der Waals surface area contributed by atoms with Crippen LogP contribution in [0.3, 0.4) is 0 Å². The first kappa shape index (κ1) is 15.4. The highest BCUT2D eigenvalue weighted by molar-refractivity contribution is 5.92. The van der Waals surface area contributed by atoms with Gasteiger partial charge in [-0.25, -0.2) is 4.39 Å². The van der Waals surface area contributed by atoms with Crippen LogP contribution in [0.5, 0.6) is 0 Å². The summed E-state index contributed by atoms with van der Waals surface area (Å²) < 4.78 is 13.7. The molecule has 0 bridgehead atoms. The molecular weight excluding hydrogens is 273 g/mol. The third kappa shape index (κ3) is 4.26. The smallest absolute Gasteiger partial charge is 0.238 e. The van der Waals surface area contributed by atoms with E-state index in [1.807, 2.05) is 4.90 Å². The Morgan fingerprint density at radius 3 is 2.90 bits per heavy atom. The molecule has 2 amide bonds. The highest BCUT2D eigenvalue weighted by atomic mass is 19.1. The van der Waals surface area contributed by atoms with E-state index in [1.54, 1.807) is 19.1 Å². The average Bonchev–Trinajstić information content (AvgIpc) is 2.42. The van der Waals surface area contributed by atoms with Gasteiger partial charge in [-0.3, -0.25) is 14.5 Å². The second kappa shape index (κ2) is 6.67. The van der Waals surface area contributed by atoms with E-state index < -0.39 is 5.82 Å². The highest BCUT2D eigenvalue weighted by Crippen LogP contribution is 2.17. The predicted molar refractivity (Wildman–Crippen MR) is 78.1 cm³/mol. The fraction of sp³-hybridized carbons (Fsp3) is 0.467. The number of halogens is 1. The maximum absolute atomic E-state index is 13.7. The van der Waals surface area contributed by atoms with E-state index in [0.717, 1.165) is 24.9 Å². The number of hydrogen-bond donors (Lipinski definition) is 2. The first-order chi connectivity index (χ1) is 9.95. The molecule has 1 aromatic rings. The van der Waals surface area contributed by atoms with Crippen molar-refractivity contribution in [3.8, 4) is 0 Å². The number of hydrogen-bond acceptors (Lipinski definition) is 3. The fourth-order valence-corrected chi connectivity index (χ4v) is 2.55. The van der Waals surface area contributed by atoms with Gasteiger partial charge in [-0.15, -0.1) is 0 Å². The average molecular weight is 293 g/mol. The molecule has 0 radical (unpaired) electrons. The number of benzene rings is 1. The standard InChI is InChI=1S/C15H20FN3O2/c1-10-4-5-13(12(16)7-10)18-14(20)9-19-6-2-3-11(8-19)15(17)21/h4-5,7,11H,2-3,6,8-9H2,1H3,(H2,17,21)(H,18,20)/t11-/m1/s1. The van der Waals surface area contributed by atoms with E-state index in [-0.39, 0.29) is 30.0 Å². The van der Waals surface area contributed by atoms with Crippen molar-refractivity contribution in [3.05, 3.63) is 29.6 Å². The van der Waals surface area contributed by atoms with E-state index in [9.17, 15) is 14.0 Å². The molecule has 0 aliphatic carbocycles. The zero-order valence-corrected chi connectivity index (χ0v) is 12.1. The maximum atomic E-state index is 13.7. The number of nitrogens with zero attached hydrogens (tertiary/aromatic N) is 1. The molecule has 0 unspecified atom stereocenters. The molecule has 0 saturated carbocycles. The van der Waals surface area contributed by atoms with Crippen molar-refractivity contribution >= 4 is 17.5 Å². The monoisotopic (exact) mass is 293 g/mol. The van der Waals surface area contributed by atoms with Crippen molar-refractivity contribution < 1.29 is 14.0 Å². The molecule has 114 valence electrons. The number of rotatable bonds is 4. The van der Waals surface area contributed by atoms with Gasteiger partial charge in [0.1, 0.15) is 5.82 Å². The summed E-state index contributed by atoms with van der Waals surface area (Å²) in [6.45, 7) is 3.15. The van der Waals surface area contributed by atoms with Crippen LogP contribution < -0.4 is 11.1 Å². The molecule has 1 atom stereocenters. The summed E-state index contributed by atoms with van der Waals surface area (Å²) in [5.41, 5.74) is 6.27. The van der Waals surface area contributed by atoms with Crippen molar-refractivity contribution in [1.82, 2.24) is 4.90 Å². The minimum Gasteiger partial charge on any atom is -0.369 e. The van der Waals surface area contributed by atoms with Crippen LogP contribution in [0.2, 0.25) is 0 Å². The van der Waals surface area contributed by atoms with Crippen LogP contribution >= 0.6 is 0 Å². The number of nitrogens with one attached hydrogen (secondary N) is 1. The summed E-state index contributed by atoms with van der Waals surface area (Å²) in [7, 11) is 0. The lowest BCUT2D eigenvalue weighted by molar-refractivity contribution is -0.125. The van der Waals surface area contributed by atoms with Gasteiger partial charge in [0, 0.05) is 6.54 Å². The van der Waals surface area contributed by atoms with Crippen molar-refractivity contribution in [2.45, 2.75) is 19.8 Å². The fourth-order valence-electron chi connectivity index (χ4n) is 2.55. The van der Waals surface area contributed by atoms with Crippen molar-refractivity contribution in [3.63, 3.8) is 0 Å². The lowest BCUT2D eigenvalue weighted by Gasteiger charge is -2.30. The van der Waals surface area contributed by atoms with Gasteiger partial charge in [0.15, 0.2) is 0 Å². The molecule has 5 nitrogen and oxygen atoms in total. The topological polar surface area (TPSA) is 75.4 Å². The zero-order valence-electron chi connectivity index (χ0n) is 12.1. The summed E-state index contributed by atoms with van der Waals surface area (Å²) in [5, 5.41) is 2.56. The lowest BCUT2D eigenvalue weighted by atomic mass is 9.97. The second-order valence-electron chi connectivity index (χ2n) is 5.51. The Kier molecular flexibility index (Phi) is 4.90. The summed E-state index contributed by atoms with van der Waals surface area (Å²) in [5.74, 6) is -1.27. The van der Waals surface area contributed by atoms with Crippen LogP contribution in [0.15, 0.2) is 18.2 Å². The summed E-state index contributed by atoms with van der Waals surface area (Å²) in [6, 6.07) is 4.66. The van der Waals surface area contributed by atoms with Gasteiger partial charge in [-0.1, -0.05) is 6.07 Å². The molecule has 1 fully saturated rings. The molecule has 0 aromatic heterocycles. The number of carbonyl (C=O) groups is 2. The number of nitrogens with two attached hydrogens (primary N) is 1. The van der Waals surface area contributed by atoms with E-state index in [1.165, 1.54) is 6.07 Å².